The van der Waals surface area contributed by atoms with Crippen molar-refractivity contribution in [3.63, 3.8) is 0 Å². The van der Waals surface area contributed by atoms with E-state index < -0.39 is 6.10 Å². The highest BCUT2D eigenvalue weighted by Gasteiger charge is 2.43. The van der Waals surface area contributed by atoms with Crippen molar-refractivity contribution in [2.45, 2.75) is 37.8 Å². The first-order chi connectivity index (χ1) is 14.7. The van der Waals surface area contributed by atoms with Crippen LogP contribution in [0.3, 0.4) is 0 Å². The SMILES string of the molecule is COCOC(c1ccccc1Cl)C1CCN(C2CCCc3c(OC)cccc32)C1=O. The van der Waals surface area contributed by atoms with E-state index >= 15 is 0 Å². The van der Waals surface area contributed by atoms with Crippen molar-refractivity contribution < 1.29 is 19.0 Å². The van der Waals surface area contributed by atoms with Crippen LogP contribution in [0.1, 0.15) is 48.1 Å². The Morgan fingerprint density at radius 2 is 1.97 bits per heavy atom. The van der Waals surface area contributed by atoms with Crippen LogP contribution in [0.5, 0.6) is 5.75 Å². The molecule has 2 aliphatic rings. The van der Waals surface area contributed by atoms with Gasteiger partial charge in [-0.05, 0) is 48.9 Å². The Kier molecular flexibility index (Phi) is 6.61. The predicted molar refractivity (Wildman–Crippen MR) is 116 cm³/mol. The molecule has 0 aromatic heterocycles. The molecule has 1 amide bonds. The highest BCUT2D eigenvalue weighted by atomic mass is 35.5. The Labute approximate surface area is 182 Å². The summed E-state index contributed by atoms with van der Waals surface area (Å²) in [4.78, 5) is 15.6. The molecule has 0 radical (unpaired) electrons. The molecule has 1 heterocycles. The third-order valence-electron chi connectivity index (χ3n) is 6.25. The molecule has 1 aliphatic carbocycles. The molecule has 160 valence electrons. The molecule has 30 heavy (non-hydrogen) atoms. The summed E-state index contributed by atoms with van der Waals surface area (Å²) in [6, 6.07) is 13.8. The molecule has 2 aromatic carbocycles. The fourth-order valence-corrected chi connectivity index (χ4v) is 5.13. The number of amides is 1. The number of likely N-dealkylation sites (tertiary alicyclic amines) is 1. The topological polar surface area (TPSA) is 48.0 Å². The largest absolute Gasteiger partial charge is 0.496 e. The number of benzene rings is 2. The Hall–Kier alpha value is -2.08. The lowest BCUT2D eigenvalue weighted by Gasteiger charge is -2.34. The molecule has 0 bridgehead atoms. The molecule has 5 nitrogen and oxygen atoms in total. The molecule has 0 N–H and O–H groups in total. The first-order valence-corrected chi connectivity index (χ1v) is 10.8. The summed E-state index contributed by atoms with van der Waals surface area (Å²) < 4.78 is 16.7. The lowest BCUT2D eigenvalue weighted by atomic mass is 9.86. The summed E-state index contributed by atoms with van der Waals surface area (Å²) in [5.41, 5.74) is 3.27. The van der Waals surface area contributed by atoms with Gasteiger partial charge in [-0.3, -0.25) is 4.79 Å². The second-order valence-electron chi connectivity index (χ2n) is 7.88. The van der Waals surface area contributed by atoms with Crippen molar-refractivity contribution in [3.05, 3.63) is 64.2 Å². The van der Waals surface area contributed by atoms with Crippen molar-refractivity contribution in [3.8, 4) is 5.75 Å². The molecule has 1 fully saturated rings. The minimum absolute atomic E-state index is 0.0793. The maximum atomic E-state index is 13.6. The summed E-state index contributed by atoms with van der Waals surface area (Å²) in [5, 5.41) is 0.609. The molecular weight excluding hydrogens is 402 g/mol. The third-order valence-corrected chi connectivity index (χ3v) is 6.60. The first-order valence-electron chi connectivity index (χ1n) is 10.5. The summed E-state index contributed by atoms with van der Waals surface area (Å²) in [6.45, 7) is 0.825. The van der Waals surface area contributed by atoms with Gasteiger partial charge in [-0.25, -0.2) is 0 Å². The number of methoxy groups -OCH3 is 2. The van der Waals surface area contributed by atoms with Gasteiger partial charge in [0.2, 0.25) is 5.91 Å². The van der Waals surface area contributed by atoms with Crippen molar-refractivity contribution >= 4 is 17.5 Å². The lowest BCUT2D eigenvalue weighted by molar-refractivity contribution is -0.143. The van der Waals surface area contributed by atoms with Gasteiger partial charge in [0.15, 0.2) is 0 Å². The van der Waals surface area contributed by atoms with Gasteiger partial charge in [-0.15, -0.1) is 0 Å². The van der Waals surface area contributed by atoms with Crippen LogP contribution in [0.15, 0.2) is 42.5 Å². The van der Waals surface area contributed by atoms with Gasteiger partial charge in [-0.1, -0.05) is 41.9 Å². The van der Waals surface area contributed by atoms with Crippen molar-refractivity contribution in [2.24, 2.45) is 5.92 Å². The van der Waals surface area contributed by atoms with E-state index in [9.17, 15) is 4.79 Å². The molecule has 1 saturated heterocycles. The predicted octanol–water partition coefficient (Wildman–Crippen LogP) is 4.94. The zero-order valence-corrected chi connectivity index (χ0v) is 18.2. The van der Waals surface area contributed by atoms with Gasteiger partial charge in [-0.2, -0.15) is 0 Å². The number of ether oxygens (including phenoxy) is 3. The average Bonchev–Trinajstić information content (AvgIpc) is 3.15. The third kappa shape index (κ3) is 3.94. The Balaban J connectivity index is 1.61. The number of hydrogen-bond acceptors (Lipinski definition) is 4. The molecule has 6 heteroatoms. The van der Waals surface area contributed by atoms with Crippen LogP contribution in [0.25, 0.3) is 0 Å². The number of carbonyl (C=O) groups is 1. The first kappa shape index (κ1) is 21.2. The van der Waals surface area contributed by atoms with Crippen LogP contribution in [-0.2, 0) is 20.7 Å². The summed E-state index contributed by atoms with van der Waals surface area (Å²) in [6.07, 6.45) is 3.30. The van der Waals surface area contributed by atoms with Gasteiger partial charge in [0.25, 0.3) is 0 Å². The van der Waals surface area contributed by atoms with Crippen LogP contribution in [0.4, 0.5) is 0 Å². The van der Waals surface area contributed by atoms with E-state index in [1.807, 2.05) is 41.3 Å². The van der Waals surface area contributed by atoms with Crippen LogP contribution in [0, 0.1) is 5.92 Å². The normalized spacial score (nSPS) is 22.1. The van der Waals surface area contributed by atoms with E-state index in [1.54, 1.807) is 14.2 Å². The van der Waals surface area contributed by atoms with Gasteiger partial charge in [0.05, 0.1) is 25.2 Å². The second kappa shape index (κ2) is 9.38. The van der Waals surface area contributed by atoms with Gasteiger partial charge >= 0.3 is 0 Å². The Bertz CT molecular complexity index is 903. The van der Waals surface area contributed by atoms with E-state index in [4.69, 9.17) is 25.8 Å². The van der Waals surface area contributed by atoms with Gasteiger partial charge < -0.3 is 19.1 Å². The summed E-state index contributed by atoms with van der Waals surface area (Å²) in [7, 11) is 3.29. The number of halogens is 1. The molecule has 2 aromatic rings. The number of carbonyl (C=O) groups excluding carboxylic acids is 1. The number of rotatable bonds is 7. The Morgan fingerprint density at radius 1 is 1.13 bits per heavy atom. The molecule has 3 atom stereocenters. The number of hydrogen-bond donors (Lipinski definition) is 0. The smallest absolute Gasteiger partial charge is 0.229 e. The van der Waals surface area contributed by atoms with E-state index in [2.05, 4.69) is 6.07 Å². The molecule has 0 saturated carbocycles. The number of fused-ring (bicyclic) bond motifs is 1. The minimum atomic E-state index is -0.426. The fraction of sp³-hybridized carbons (Fsp3) is 0.458. The van der Waals surface area contributed by atoms with Crippen LogP contribution in [0.2, 0.25) is 5.02 Å². The van der Waals surface area contributed by atoms with Gasteiger partial charge in [0, 0.05) is 24.2 Å². The van der Waals surface area contributed by atoms with Crippen molar-refractivity contribution in [2.75, 3.05) is 27.6 Å². The van der Waals surface area contributed by atoms with E-state index in [-0.39, 0.29) is 24.7 Å². The molecule has 3 unspecified atom stereocenters. The number of nitrogens with zero attached hydrogens (tertiary/aromatic N) is 1. The van der Waals surface area contributed by atoms with Gasteiger partial charge in [0.1, 0.15) is 12.5 Å². The van der Waals surface area contributed by atoms with E-state index in [0.29, 0.717) is 11.6 Å². The summed E-state index contributed by atoms with van der Waals surface area (Å²) in [5.74, 6) is 0.755. The molecule has 0 spiro atoms. The average molecular weight is 430 g/mol. The Morgan fingerprint density at radius 3 is 2.73 bits per heavy atom. The molecule has 1 aliphatic heterocycles. The standard InChI is InChI=1S/C24H28ClNO4/c1-28-15-30-23(18-7-3-4-10-20(18)25)19-13-14-26(24(19)27)21-11-5-9-17-16(21)8-6-12-22(17)29-2/h3-4,6-8,10,12,19,21,23H,5,9,11,13-15H2,1-2H3. The minimum Gasteiger partial charge on any atom is -0.496 e. The summed E-state index contributed by atoms with van der Waals surface area (Å²) >= 11 is 6.45. The van der Waals surface area contributed by atoms with E-state index in [0.717, 1.165) is 37.0 Å². The quantitative estimate of drug-likeness (QED) is 0.585. The highest BCUT2D eigenvalue weighted by molar-refractivity contribution is 6.31. The van der Waals surface area contributed by atoms with Crippen LogP contribution in [-0.4, -0.2) is 38.4 Å². The molecular formula is C24H28ClNO4. The highest BCUT2D eigenvalue weighted by Crippen LogP contribution is 2.44. The van der Waals surface area contributed by atoms with E-state index in [1.165, 1.54) is 11.1 Å². The molecule has 4 rings (SSSR count). The second-order valence-corrected chi connectivity index (χ2v) is 8.29. The van der Waals surface area contributed by atoms with Crippen LogP contribution >= 0.6 is 11.6 Å². The fourth-order valence-electron chi connectivity index (χ4n) is 4.89. The van der Waals surface area contributed by atoms with Crippen molar-refractivity contribution in [1.82, 2.24) is 4.90 Å². The monoisotopic (exact) mass is 429 g/mol. The van der Waals surface area contributed by atoms with Crippen molar-refractivity contribution in [1.29, 1.82) is 0 Å². The maximum Gasteiger partial charge on any atom is 0.229 e. The zero-order chi connectivity index (χ0) is 21.1. The lowest BCUT2D eigenvalue weighted by Crippen LogP contribution is -2.35. The maximum absolute atomic E-state index is 13.6. The van der Waals surface area contributed by atoms with Crippen LogP contribution < -0.4 is 4.74 Å². The zero-order valence-electron chi connectivity index (χ0n) is 17.5.